The molecule has 0 radical (unpaired) electrons. The zero-order chi connectivity index (χ0) is 37.6. The summed E-state index contributed by atoms with van der Waals surface area (Å²) in [5, 5.41) is 38.5. The fourth-order valence-corrected chi connectivity index (χ4v) is 6.67. The molecule has 0 N–H and O–H groups in total. The molecule has 0 amide bonds. The van der Waals surface area contributed by atoms with Crippen molar-refractivity contribution in [3.63, 3.8) is 0 Å². The predicted molar refractivity (Wildman–Crippen MR) is 198 cm³/mol. The summed E-state index contributed by atoms with van der Waals surface area (Å²) < 4.78 is 46.1. The van der Waals surface area contributed by atoms with Gasteiger partial charge in [0.25, 0.3) is 0 Å². The number of rotatable bonds is 4. The molecule has 0 fully saturated rings. The van der Waals surface area contributed by atoms with E-state index in [0.717, 1.165) is 6.07 Å². The summed E-state index contributed by atoms with van der Waals surface area (Å²) in [6, 6.07) is 40.9. The molecule has 0 atom stereocenters. The Hall–Kier alpha value is -7.92. The van der Waals surface area contributed by atoms with Gasteiger partial charge in [-0.15, -0.1) is 0 Å². The molecule has 0 aliphatic rings. The molecule has 252 valence electrons. The second-order valence-corrected chi connectivity index (χ2v) is 12.4. The van der Waals surface area contributed by atoms with Crippen LogP contribution in [0.1, 0.15) is 27.8 Å². The Balaban J connectivity index is 1.50. The molecule has 8 aromatic rings. The van der Waals surface area contributed by atoms with E-state index in [-0.39, 0.29) is 38.6 Å². The lowest BCUT2D eigenvalue weighted by Crippen LogP contribution is -2.09. The van der Waals surface area contributed by atoms with Gasteiger partial charge in [-0.25, -0.2) is 15.0 Å². The summed E-state index contributed by atoms with van der Waals surface area (Å²) >= 11 is 0. The molecule has 0 spiro atoms. The van der Waals surface area contributed by atoms with E-state index < -0.39 is 11.7 Å². The highest BCUT2D eigenvalue weighted by Crippen LogP contribution is 2.46. The zero-order valence-corrected chi connectivity index (χ0v) is 27.8. The lowest BCUT2D eigenvalue weighted by atomic mass is 9.92. The van der Waals surface area contributed by atoms with E-state index in [1.54, 1.807) is 109 Å². The molecular weight excluding hydrogens is 684 g/mol. The predicted octanol–water partition coefficient (Wildman–Crippen LogP) is 10.5. The Bertz CT molecular complexity index is 2980. The Labute approximate surface area is 305 Å². The van der Waals surface area contributed by atoms with E-state index in [2.05, 4.69) is 24.3 Å². The summed E-state index contributed by atoms with van der Waals surface area (Å²) in [5.74, 6) is 0. The molecule has 6 aromatic carbocycles. The maximum absolute atomic E-state index is 15.4. The molecule has 0 unspecified atom stereocenters. The summed E-state index contributed by atoms with van der Waals surface area (Å²) in [5.41, 5.74) is 4.40. The maximum Gasteiger partial charge on any atom is 0.417 e. The first kappa shape index (κ1) is 33.2. The minimum absolute atomic E-state index is 0.0000140. The zero-order valence-electron chi connectivity index (χ0n) is 27.8. The molecule has 0 saturated carbocycles. The van der Waals surface area contributed by atoms with Crippen molar-refractivity contribution in [2.24, 2.45) is 0 Å². The van der Waals surface area contributed by atoms with Gasteiger partial charge in [0, 0.05) is 32.8 Å². The van der Waals surface area contributed by atoms with Crippen LogP contribution in [0.5, 0.6) is 0 Å². The number of nitriles is 4. The van der Waals surface area contributed by atoms with Gasteiger partial charge in [0.2, 0.25) is 0 Å². The van der Waals surface area contributed by atoms with Crippen LogP contribution in [0.25, 0.3) is 77.6 Å². The highest BCUT2D eigenvalue weighted by Gasteiger charge is 2.36. The Morgan fingerprint density at radius 2 is 0.981 bits per heavy atom. The number of hydrogen-bond acceptors (Lipinski definition) is 7. The van der Waals surface area contributed by atoms with Crippen LogP contribution in [-0.2, 0) is 6.18 Å². The van der Waals surface area contributed by atoms with Gasteiger partial charge < -0.3 is 0 Å². The minimum atomic E-state index is -4.84. The lowest BCUT2D eigenvalue weighted by Gasteiger charge is -2.19. The molecule has 0 aliphatic heterocycles. The fourth-order valence-electron chi connectivity index (χ4n) is 6.67. The molecule has 2 aromatic heterocycles. The summed E-state index contributed by atoms with van der Waals surface area (Å²) in [7, 11) is 0. The number of para-hydroxylation sites is 1. The van der Waals surface area contributed by atoms with E-state index in [1.807, 2.05) is 0 Å². The summed E-state index contributed by atoms with van der Waals surface area (Å²) in [6.45, 7) is 0. The van der Waals surface area contributed by atoms with Crippen LogP contribution in [0.15, 0.2) is 121 Å². The molecule has 2 heterocycles. The van der Waals surface area contributed by atoms with Gasteiger partial charge in [0.05, 0.1) is 85.7 Å². The number of pyridine rings is 1. The molecular formula is C44H20F3N7. The second-order valence-electron chi connectivity index (χ2n) is 12.4. The largest absolute Gasteiger partial charge is 0.417 e. The van der Waals surface area contributed by atoms with Gasteiger partial charge in [-0.1, -0.05) is 60.7 Å². The van der Waals surface area contributed by atoms with E-state index in [4.69, 9.17) is 15.0 Å². The normalized spacial score (nSPS) is 11.2. The van der Waals surface area contributed by atoms with Gasteiger partial charge in [-0.05, 0) is 71.8 Å². The fraction of sp³-hybridized carbons (Fsp3) is 0.0227. The smallest absolute Gasteiger partial charge is 0.247 e. The second kappa shape index (κ2) is 13.0. The third-order valence-electron chi connectivity index (χ3n) is 9.14. The van der Waals surface area contributed by atoms with Gasteiger partial charge in [-0.3, -0.25) is 0 Å². The van der Waals surface area contributed by atoms with Crippen molar-refractivity contribution in [1.82, 2.24) is 15.0 Å². The van der Waals surface area contributed by atoms with Gasteiger partial charge in [0.15, 0.2) is 0 Å². The first-order chi connectivity index (χ1) is 26.2. The van der Waals surface area contributed by atoms with Crippen LogP contribution in [0.4, 0.5) is 13.2 Å². The van der Waals surface area contributed by atoms with Crippen molar-refractivity contribution in [3.8, 4) is 69.2 Å². The lowest BCUT2D eigenvalue weighted by molar-refractivity contribution is -0.136. The van der Waals surface area contributed by atoms with Crippen LogP contribution in [0.3, 0.4) is 0 Å². The van der Waals surface area contributed by atoms with E-state index in [1.165, 1.54) is 6.07 Å². The van der Waals surface area contributed by atoms with Crippen LogP contribution < -0.4 is 0 Å². The number of fused-ring (bicyclic) bond motifs is 5. The van der Waals surface area contributed by atoms with E-state index in [0.29, 0.717) is 61.2 Å². The Morgan fingerprint density at radius 1 is 0.426 bits per heavy atom. The number of aromatic nitrogens is 3. The average Bonchev–Trinajstić information content (AvgIpc) is 3.21. The van der Waals surface area contributed by atoms with Crippen LogP contribution >= 0.6 is 0 Å². The van der Waals surface area contributed by atoms with Gasteiger partial charge in [-0.2, -0.15) is 34.2 Å². The quantitative estimate of drug-likeness (QED) is 0.167. The molecule has 0 bridgehead atoms. The average molecular weight is 704 g/mol. The van der Waals surface area contributed by atoms with Crippen molar-refractivity contribution in [1.29, 1.82) is 21.0 Å². The van der Waals surface area contributed by atoms with Crippen molar-refractivity contribution in [2.75, 3.05) is 0 Å². The first-order valence-corrected chi connectivity index (χ1v) is 16.4. The molecule has 10 heteroatoms. The van der Waals surface area contributed by atoms with Crippen molar-refractivity contribution < 1.29 is 13.2 Å². The number of hydrogen-bond donors (Lipinski definition) is 0. The van der Waals surface area contributed by atoms with Crippen LogP contribution in [0, 0.1) is 45.3 Å². The molecule has 0 saturated heterocycles. The Morgan fingerprint density at radius 3 is 1.57 bits per heavy atom. The van der Waals surface area contributed by atoms with E-state index in [9.17, 15) is 21.0 Å². The molecule has 7 nitrogen and oxygen atoms in total. The summed E-state index contributed by atoms with van der Waals surface area (Å²) in [6.07, 6.45) is -4.84. The van der Waals surface area contributed by atoms with Crippen molar-refractivity contribution >= 4 is 32.7 Å². The summed E-state index contributed by atoms with van der Waals surface area (Å²) in [4.78, 5) is 14.8. The van der Waals surface area contributed by atoms with Crippen LogP contribution in [0.2, 0.25) is 0 Å². The third kappa shape index (κ3) is 5.77. The number of benzene rings is 6. The maximum atomic E-state index is 15.4. The Kier molecular flexibility index (Phi) is 8.00. The minimum Gasteiger partial charge on any atom is -0.247 e. The third-order valence-corrected chi connectivity index (χ3v) is 9.14. The molecule has 8 rings (SSSR count). The monoisotopic (exact) mass is 703 g/mol. The van der Waals surface area contributed by atoms with Gasteiger partial charge >= 0.3 is 6.18 Å². The topological polar surface area (TPSA) is 134 Å². The van der Waals surface area contributed by atoms with Crippen molar-refractivity contribution in [2.45, 2.75) is 6.18 Å². The van der Waals surface area contributed by atoms with Crippen molar-refractivity contribution in [3.05, 3.63) is 149 Å². The standard InChI is InChI=1S/C44H20F3N7/c45-44(46,47)35-20-37-43(54-42(30-14-10-26(22-49)11-15-30)41(53-37)29-12-8-25(21-48)9-13-29)38-34-6-1-2-7-36(34)52-40(39(35)38)32-5-3-4-31(19-32)33-17-27(23-50)16-28(18-33)24-51/h1-20H. The van der Waals surface area contributed by atoms with E-state index >= 15 is 13.2 Å². The number of nitrogens with zero attached hydrogens (tertiary/aromatic N) is 7. The first-order valence-electron chi connectivity index (χ1n) is 16.4. The van der Waals surface area contributed by atoms with Gasteiger partial charge in [0.1, 0.15) is 0 Å². The number of halogens is 3. The highest BCUT2D eigenvalue weighted by molar-refractivity contribution is 6.22. The highest BCUT2D eigenvalue weighted by atomic mass is 19.4. The number of alkyl halides is 3. The molecule has 0 aliphatic carbocycles. The van der Waals surface area contributed by atoms with Crippen LogP contribution in [-0.4, -0.2) is 15.0 Å². The molecule has 54 heavy (non-hydrogen) atoms. The SMILES string of the molecule is N#Cc1ccc(-c2nc3cc(C(F)(F)F)c4c(-c5cccc(-c6cc(C#N)cc(C#N)c6)c5)nc5ccccc5c4c3nc2-c2ccc(C#N)cc2)cc1.